The summed E-state index contributed by atoms with van der Waals surface area (Å²) in [5.41, 5.74) is 5.70. The molecule has 21 heavy (non-hydrogen) atoms. The molecule has 0 aliphatic rings. The van der Waals surface area contributed by atoms with Crippen molar-refractivity contribution in [2.24, 2.45) is 5.73 Å². The predicted molar refractivity (Wildman–Crippen MR) is 81.8 cm³/mol. The molecule has 0 atom stereocenters. The molecular formula is C12H11BrF2N2O2S2. The summed E-state index contributed by atoms with van der Waals surface area (Å²) in [6, 6.07) is 1.58. The van der Waals surface area contributed by atoms with Crippen LogP contribution in [0, 0.1) is 18.6 Å². The molecule has 1 heterocycles. The van der Waals surface area contributed by atoms with E-state index in [0.717, 1.165) is 6.07 Å². The summed E-state index contributed by atoms with van der Waals surface area (Å²) in [5.74, 6) is -1.82. The van der Waals surface area contributed by atoms with E-state index < -0.39 is 21.7 Å². The van der Waals surface area contributed by atoms with Gasteiger partial charge in [-0.25, -0.2) is 17.2 Å². The molecule has 0 fully saturated rings. The Morgan fingerprint density at radius 2 is 2.05 bits per heavy atom. The van der Waals surface area contributed by atoms with Gasteiger partial charge in [-0.1, -0.05) is 0 Å². The molecule has 0 aliphatic carbocycles. The average molecular weight is 397 g/mol. The third kappa shape index (κ3) is 3.25. The fourth-order valence-corrected chi connectivity index (χ4v) is 5.25. The molecule has 0 aliphatic heterocycles. The van der Waals surface area contributed by atoms with Crippen LogP contribution in [0.4, 0.5) is 14.5 Å². The first-order valence-corrected chi connectivity index (χ1v) is 8.86. The maximum Gasteiger partial charge on any atom is 0.263 e. The quantitative estimate of drug-likeness (QED) is 0.831. The van der Waals surface area contributed by atoms with E-state index in [0.29, 0.717) is 16.5 Å². The molecule has 0 saturated heterocycles. The average Bonchev–Trinajstić information content (AvgIpc) is 2.76. The third-order valence-electron chi connectivity index (χ3n) is 2.69. The van der Waals surface area contributed by atoms with Crippen molar-refractivity contribution in [3.63, 3.8) is 0 Å². The number of sulfonamides is 1. The zero-order valence-corrected chi connectivity index (χ0v) is 14.0. The van der Waals surface area contributed by atoms with Crippen molar-refractivity contribution in [3.05, 3.63) is 44.1 Å². The molecule has 0 saturated carbocycles. The lowest BCUT2D eigenvalue weighted by molar-refractivity contribution is 0.581. The van der Waals surface area contributed by atoms with E-state index in [1.807, 2.05) is 0 Å². The van der Waals surface area contributed by atoms with Gasteiger partial charge in [0.05, 0.1) is 5.69 Å². The summed E-state index contributed by atoms with van der Waals surface area (Å²) in [6.07, 6.45) is 0. The van der Waals surface area contributed by atoms with Crippen LogP contribution in [0.5, 0.6) is 0 Å². The van der Waals surface area contributed by atoms with Gasteiger partial charge in [-0.15, -0.1) is 11.3 Å². The zero-order chi connectivity index (χ0) is 15.8. The third-order valence-corrected chi connectivity index (χ3v) is 6.15. The summed E-state index contributed by atoms with van der Waals surface area (Å²) in [6.45, 7) is 1.68. The first-order valence-electron chi connectivity index (χ1n) is 5.70. The van der Waals surface area contributed by atoms with Crippen LogP contribution in [0.25, 0.3) is 0 Å². The summed E-state index contributed by atoms with van der Waals surface area (Å²) in [5, 5.41) is 1.66. The lowest BCUT2D eigenvalue weighted by Gasteiger charge is -2.12. The van der Waals surface area contributed by atoms with Gasteiger partial charge in [-0.3, -0.25) is 4.72 Å². The number of anilines is 1. The molecule has 2 rings (SSSR count). The number of benzene rings is 1. The zero-order valence-electron chi connectivity index (χ0n) is 10.8. The predicted octanol–water partition coefficient (Wildman–Crippen LogP) is 3.36. The van der Waals surface area contributed by atoms with Crippen LogP contribution >= 0.6 is 27.3 Å². The van der Waals surface area contributed by atoms with Crippen molar-refractivity contribution in [2.75, 3.05) is 4.72 Å². The molecule has 0 unspecified atom stereocenters. The molecule has 2 aromatic rings. The van der Waals surface area contributed by atoms with Gasteiger partial charge in [-0.05, 0) is 39.9 Å². The number of hydrogen-bond donors (Lipinski definition) is 2. The van der Waals surface area contributed by atoms with Gasteiger partial charge in [0.1, 0.15) is 10.7 Å². The van der Waals surface area contributed by atoms with E-state index in [9.17, 15) is 17.2 Å². The highest BCUT2D eigenvalue weighted by molar-refractivity contribution is 9.10. The fraction of sp³-hybridized carbons (Fsp3) is 0.167. The number of thiophene rings is 1. The van der Waals surface area contributed by atoms with Crippen molar-refractivity contribution in [1.82, 2.24) is 0 Å². The molecule has 0 radical (unpaired) electrons. The highest BCUT2D eigenvalue weighted by Gasteiger charge is 2.25. The lowest BCUT2D eigenvalue weighted by atomic mass is 10.3. The molecule has 0 spiro atoms. The minimum atomic E-state index is -4.01. The Hall–Kier alpha value is -1.03. The van der Waals surface area contributed by atoms with E-state index >= 15 is 0 Å². The van der Waals surface area contributed by atoms with Crippen molar-refractivity contribution in [1.29, 1.82) is 0 Å². The monoisotopic (exact) mass is 396 g/mol. The van der Waals surface area contributed by atoms with Gasteiger partial charge in [0.15, 0.2) is 5.82 Å². The molecule has 1 aromatic carbocycles. The maximum absolute atomic E-state index is 13.7. The smallest absolute Gasteiger partial charge is 0.263 e. The van der Waals surface area contributed by atoms with Gasteiger partial charge in [0.25, 0.3) is 10.0 Å². The van der Waals surface area contributed by atoms with Gasteiger partial charge in [-0.2, -0.15) is 0 Å². The first kappa shape index (κ1) is 16.3. The Labute approximate surface area is 133 Å². The lowest BCUT2D eigenvalue weighted by Crippen LogP contribution is -2.17. The topological polar surface area (TPSA) is 72.2 Å². The van der Waals surface area contributed by atoms with Gasteiger partial charge >= 0.3 is 0 Å². The molecule has 0 bridgehead atoms. The standard InChI is InChI=1S/C12H11BrF2N2O2S2/c1-6-5-20-10(4-16)12(6)21(18,19)17-11-8(13)2-7(14)3-9(11)15/h2-3,5,17H,4,16H2,1H3. The first-order chi connectivity index (χ1) is 9.76. The molecule has 114 valence electrons. The Kier molecular flexibility index (Phi) is 4.66. The van der Waals surface area contributed by atoms with Crippen molar-refractivity contribution in [2.45, 2.75) is 18.4 Å². The van der Waals surface area contributed by atoms with Crippen molar-refractivity contribution in [3.8, 4) is 0 Å². The summed E-state index contributed by atoms with van der Waals surface area (Å²) in [7, 11) is -4.01. The van der Waals surface area contributed by atoms with E-state index in [4.69, 9.17) is 5.73 Å². The van der Waals surface area contributed by atoms with Crippen LogP contribution in [0.3, 0.4) is 0 Å². The summed E-state index contributed by atoms with van der Waals surface area (Å²) in [4.78, 5) is 0.504. The second-order valence-electron chi connectivity index (χ2n) is 4.23. The Balaban J connectivity index is 2.50. The van der Waals surface area contributed by atoms with Crippen molar-refractivity contribution >= 4 is 43.0 Å². The minimum absolute atomic E-state index is 0.0224. The maximum atomic E-state index is 13.7. The molecule has 0 amide bonds. The Morgan fingerprint density at radius 3 is 2.62 bits per heavy atom. The van der Waals surface area contributed by atoms with Crippen molar-refractivity contribution < 1.29 is 17.2 Å². The SMILES string of the molecule is Cc1csc(CN)c1S(=O)(=O)Nc1c(F)cc(F)cc1Br. The highest BCUT2D eigenvalue weighted by atomic mass is 79.9. The number of halogens is 3. The van der Waals surface area contributed by atoms with Gasteiger partial charge in [0.2, 0.25) is 0 Å². The van der Waals surface area contributed by atoms with Gasteiger partial charge < -0.3 is 5.73 Å². The molecule has 3 N–H and O–H groups in total. The number of hydrogen-bond acceptors (Lipinski definition) is 4. The number of rotatable bonds is 4. The van der Waals surface area contributed by atoms with E-state index in [1.165, 1.54) is 11.3 Å². The molecule has 1 aromatic heterocycles. The number of nitrogens with two attached hydrogens (primary N) is 1. The normalized spacial score (nSPS) is 11.7. The molecule has 9 heteroatoms. The number of aryl methyl sites for hydroxylation is 1. The Morgan fingerprint density at radius 1 is 1.38 bits per heavy atom. The second kappa shape index (κ2) is 5.99. The number of nitrogens with one attached hydrogen (secondary N) is 1. The largest absolute Gasteiger partial charge is 0.326 e. The Bertz CT molecular complexity index is 768. The summed E-state index contributed by atoms with van der Waals surface area (Å²) < 4.78 is 53.7. The fourth-order valence-electron chi connectivity index (χ4n) is 1.81. The van der Waals surface area contributed by atoms with E-state index in [-0.39, 0.29) is 21.6 Å². The second-order valence-corrected chi connectivity index (χ2v) is 7.66. The van der Waals surface area contributed by atoms with Crippen LogP contribution in [-0.2, 0) is 16.6 Å². The highest BCUT2D eigenvalue weighted by Crippen LogP contribution is 2.32. The van der Waals surface area contributed by atoms with Crippen LogP contribution < -0.4 is 10.5 Å². The molecular weight excluding hydrogens is 386 g/mol. The van der Waals surface area contributed by atoms with Crippen LogP contribution in [0.15, 0.2) is 26.9 Å². The van der Waals surface area contributed by atoms with Crippen LogP contribution in [0.2, 0.25) is 0 Å². The van der Waals surface area contributed by atoms with Crippen LogP contribution in [0.1, 0.15) is 10.4 Å². The summed E-state index contributed by atoms with van der Waals surface area (Å²) >= 11 is 4.15. The van der Waals surface area contributed by atoms with Gasteiger partial charge in [0, 0.05) is 22.0 Å². The van der Waals surface area contributed by atoms with E-state index in [2.05, 4.69) is 20.7 Å². The molecule has 4 nitrogen and oxygen atoms in total. The van der Waals surface area contributed by atoms with Crippen LogP contribution in [-0.4, -0.2) is 8.42 Å². The minimum Gasteiger partial charge on any atom is -0.326 e. The van der Waals surface area contributed by atoms with E-state index in [1.54, 1.807) is 12.3 Å².